The summed E-state index contributed by atoms with van der Waals surface area (Å²) in [5.74, 6) is -2.81. The van der Waals surface area contributed by atoms with Gasteiger partial charge >= 0.3 is 5.69 Å². The molecule has 1 aromatic carbocycles. The highest BCUT2D eigenvalue weighted by Crippen LogP contribution is 2.17. The molecule has 0 radical (unpaired) electrons. The first-order chi connectivity index (χ1) is 8.41. The van der Waals surface area contributed by atoms with Crippen LogP contribution in [0.4, 0.5) is 10.1 Å². The van der Waals surface area contributed by atoms with Crippen molar-refractivity contribution in [1.29, 1.82) is 0 Å². The van der Waals surface area contributed by atoms with Gasteiger partial charge in [-0.1, -0.05) is 0 Å². The minimum Gasteiger partial charge on any atom is -0.368 e. The molecule has 2 amide bonds. The van der Waals surface area contributed by atoms with Gasteiger partial charge in [0.25, 0.3) is 5.91 Å². The lowest BCUT2D eigenvalue weighted by Crippen LogP contribution is -2.29. The second-order valence-corrected chi connectivity index (χ2v) is 3.11. The first-order valence-electron chi connectivity index (χ1n) is 4.56. The fourth-order valence-electron chi connectivity index (χ4n) is 1.03. The number of nitrogens with one attached hydrogen (secondary N) is 1. The van der Waals surface area contributed by atoms with Crippen molar-refractivity contribution in [2.45, 2.75) is 0 Å². The van der Waals surface area contributed by atoms with Crippen LogP contribution in [-0.4, -0.2) is 23.3 Å². The van der Waals surface area contributed by atoms with Crippen LogP contribution in [0.2, 0.25) is 0 Å². The van der Waals surface area contributed by atoms with Gasteiger partial charge < -0.3 is 5.73 Å². The van der Waals surface area contributed by atoms with Gasteiger partial charge in [-0.3, -0.25) is 24.5 Å². The molecule has 0 unspecified atom stereocenters. The molecule has 0 aliphatic heterocycles. The number of rotatable bonds is 5. The number of halogens is 1. The fraction of sp³-hybridized carbons (Fsp3) is 0.111. The van der Waals surface area contributed by atoms with Crippen molar-refractivity contribution in [2.24, 2.45) is 5.73 Å². The number of hydrogen-bond acceptors (Lipinski definition) is 5. The summed E-state index contributed by atoms with van der Waals surface area (Å²) in [6.45, 7) is -0.540. The van der Waals surface area contributed by atoms with Crippen LogP contribution >= 0.6 is 0 Å². The number of benzene rings is 1. The minimum atomic E-state index is -1.15. The minimum absolute atomic E-state index is 0.192. The highest BCUT2D eigenvalue weighted by Gasteiger charge is 2.16. The Hall–Kier alpha value is -2.55. The van der Waals surface area contributed by atoms with Gasteiger partial charge in [-0.15, -0.1) is 0 Å². The van der Waals surface area contributed by atoms with Crippen molar-refractivity contribution in [1.82, 2.24) is 5.48 Å². The van der Waals surface area contributed by atoms with Crippen LogP contribution in [0.15, 0.2) is 18.2 Å². The first kappa shape index (κ1) is 13.5. The monoisotopic (exact) mass is 257 g/mol. The topological polar surface area (TPSA) is 125 Å². The van der Waals surface area contributed by atoms with Gasteiger partial charge in [0, 0.05) is 11.6 Å². The molecule has 96 valence electrons. The van der Waals surface area contributed by atoms with Gasteiger partial charge in [-0.2, -0.15) is 4.39 Å². The Bertz CT molecular complexity index is 505. The zero-order valence-electron chi connectivity index (χ0n) is 8.88. The van der Waals surface area contributed by atoms with Gasteiger partial charge in [0.05, 0.1) is 4.92 Å². The van der Waals surface area contributed by atoms with Crippen LogP contribution in [0, 0.1) is 15.9 Å². The molecule has 3 N–H and O–H groups in total. The molecule has 0 fully saturated rings. The lowest BCUT2D eigenvalue weighted by molar-refractivity contribution is -0.387. The number of nitro groups is 1. The molecule has 0 bridgehead atoms. The second kappa shape index (κ2) is 5.68. The zero-order chi connectivity index (χ0) is 13.7. The van der Waals surface area contributed by atoms with Gasteiger partial charge in [0.15, 0.2) is 6.61 Å². The van der Waals surface area contributed by atoms with Crippen LogP contribution < -0.4 is 11.2 Å². The van der Waals surface area contributed by atoms with Crippen LogP contribution in [0.1, 0.15) is 10.4 Å². The van der Waals surface area contributed by atoms with Crippen molar-refractivity contribution in [3.8, 4) is 0 Å². The summed E-state index contributed by atoms with van der Waals surface area (Å²) < 4.78 is 13.2. The molecule has 9 heteroatoms. The SMILES string of the molecule is NC(=O)CONC(=O)c1ccc([N+](=O)[O-])c(F)c1. The van der Waals surface area contributed by atoms with Crippen LogP contribution in [0.5, 0.6) is 0 Å². The molecule has 0 aliphatic rings. The van der Waals surface area contributed by atoms with Gasteiger partial charge in [0.1, 0.15) is 0 Å². The van der Waals surface area contributed by atoms with E-state index >= 15 is 0 Å². The highest BCUT2D eigenvalue weighted by atomic mass is 19.1. The predicted octanol–water partition coefficient (Wildman–Crippen LogP) is -0.119. The Balaban J connectivity index is 2.72. The molecule has 0 atom stereocenters. The van der Waals surface area contributed by atoms with Gasteiger partial charge in [-0.05, 0) is 12.1 Å². The molecule has 0 aliphatic carbocycles. The Morgan fingerprint density at radius 1 is 1.50 bits per heavy atom. The van der Waals surface area contributed by atoms with Crippen molar-refractivity contribution >= 4 is 17.5 Å². The average Bonchev–Trinajstić information content (AvgIpc) is 2.27. The number of nitrogens with zero attached hydrogens (tertiary/aromatic N) is 1. The Morgan fingerprint density at radius 3 is 2.67 bits per heavy atom. The summed E-state index contributed by atoms with van der Waals surface area (Å²) in [6.07, 6.45) is 0. The number of hydrogen-bond donors (Lipinski definition) is 2. The Morgan fingerprint density at radius 2 is 2.17 bits per heavy atom. The number of hydroxylamine groups is 1. The third-order valence-corrected chi connectivity index (χ3v) is 1.79. The molecule has 0 spiro atoms. The van der Waals surface area contributed by atoms with E-state index in [2.05, 4.69) is 4.84 Å². The van der Waals surface area contributed by atoms with Crippen LogP contribution in [-0.2, 0) is 9.63 Å². The maximum Gasteiger partial charge on any atom is 0.304 e. The number of nitro benzene ring substituents is 1. The van der Waals surface area contributed by atoms with Gasteiger partial charge in [0.2, 0.25) is 11.7 Å². The molecule has 0 heterocycles. The number of nitrogens with two attached hydrogens (primary N) is 1. The smallest absolute Gasteiger partial charge is 0.304 e. The van der Waals surface area contributed by atoms with E-state index in [0.29, 0.717) is 6.07 Å². The largest absolute Gasteiger partial charge is 0.368 e. The number of primary amides is 1. The van der Waals surface area contributed by atoms with Crippen molar-refractivity contribution in [3.05, 3.63) is 39.7 Å². The fourth-order valence-corrected chi connectivity index (χ4v) is 1.03. The van der Waals surface area contributed by atoms with E-state index in [0.717, 1.165) is 12.1 Å². The third kappa shape index (κ3) is 3.49. The number of amides is 2. The van der Waals surface area contributed by atoms with E-state index in [4.69, 9.17) is 5.73 Å². The summed E-state index contributed by atoms with van der Waals surface area (Å²) in [4.78, 5) is 35.5. The first-order valence-corrected chi connectivity index (χ1v) is 4.56. The molecule has 0 saturated carbocycles. The van der Waals surface area contributed by atoms with Crippen molar-refractivity contribution in [3.63, 3.8) is 0 Å². The summed E-state index contributed by atoms with van der Waals surface area (Å²) in [7, 11) is 0. The summed E-state index contributed by atoms with van der Waals surface area (Å²) in [5, 5.41) is 10.3. The Labute approximate surface area is 99.6 Å². The maximum atomic E-state index is 13.2. The summed E-state index contributed by atoms with van der Waals surface area (Å²) in [6, 6.07) is 2.57. The average molecular weight is 257 g/mol. The summed E-state index contributed by atoms with van der Waals surface area (Å²) in [5.41, 5.74) is 5.64. The molecule has 18 heavy (non-hydrogen) atoms. The molecule has 0 aromatic heterocycles. The predicted molar refractivity (Wildman–Crippen MR) is 55.7 cm³/mol. The highest BCUT2D eigenvalue weighted by molar-refractivity contribution is 5.93. The van der Waals surface area contributed by atoms with E-state index < -0.39 is 34.8 Å². The van der Waals surface area contributed by atoms with E-state index in [9.17, 15) is 24.1 Å². The molecule has 1 aromatic rings. The molecule has 8 nitrogen and oxygen atoms in total. The van der Waals surface area contributed by atoms with Gasteiger partial charge in [-0.25, -0.2) is 5.48 Å². The summed E-state index contributed by atoms with van der Waals surface area (Å²) >= 11 is 0. The normalized spacial score (nSPS) is 9.83. The van der Waals surface area contributed by atoms with Crippen molar-refractivity contribution < 1.29 is 23.7 Å². The van der Waals surface area contributed by atoms with E-state index in [1.165, 1.54) is 0 Å². The molecule has 0 saturated heterocycles. The lowest BCUT2D eigenvalue weighted by Gasteiger charge is -2.04. The quantitative estimate of drug-likeness (QED) is 0.562. The van der Waals surface area contributed by atoms with Crippen LogP contribution in [0.3, 0.4) is 0 Å². The molecular formula is C9H8FN3O5. The second-order valence-electron chi connectivity index (χ2n) is 3.11. The third-order valence-electron chi connectivity index (χ3n) is 1.79. The Kier molecular flexibility index (Phi) is 4.27. The number of carbonyl (C=O) groups is 2. The van der Waals surface area contributed by atoms with E-state index in [1.54, 1.807) is 0 Å². The number of carbonyl (C=O) groups excluding carboxylic acids is 2. The van der Waals surface area contributed by atoms with E-state index in [1.807, 2.05) is 5.48 Å². The van der Waals surface area contributed by atoms with Crippen molar-refractivity contribution in [2.75, 3.05) is 6.61 Å². The zero-order valence-corrected chi connectivity index (χ0v) is 8.88. The lowest BCUT2D eigenvalue weighted by atomic mass is 10.2. The standard InChI is InChI=1S/C9H8FN3O5/c10-6-3-5(1-2-7(6)13(16)17)9(15)12-18-4-8(11)14/h1-3H,4H2,(H2,11,14)(H,12,15). The van der Waals surface area contributed by atoms with Crippen LogP contribution in [0.25, 0.3) is 0 Å². The molecular weight excluding hydrogens is 249 g/mol. The van der Waals surface area contributed by atoms with E-state index in [-0.39, 0.29) is 5.56 Å². The molecule has 1 rings (SSSR count). The maximum absolute atomic E-state index is 13.2.